The van der Waals surface area contributed by atoms with Crippen LogP contribution in [0.1, 0.15) is 13.3 Å². The maximum absolute atomic E-state index is 5.32. The van der Waals surface area contributed by atoms with E-state index in [0.29, 0.717) is 4.83 Å². The van der Waals surface area contributed by atoms with Crippen LogP contribution in [0.25, 0.3) is 0 Å². The monoisotopic (exact) mass is 135 g/mol. The van der Waals surface area contributed by atoms with Gasteiger partial charge in [-0.1, -0.05) is 0 Å². The standard InChI is InChI=1S/C3H10AsN/c1-2-3(4)5/h3H,2,4-5H2,1H3. The summed E-state index contributed by atoms with van der Waals surface area (Å²) in [5.41, 5.74) is 5.32. The third-order valence-corrected chi connectivity index (χ3v) is 1.46. The fraction of sp³-hybridized carbons (Fsp3) is 1.00. The van der Waals surface area contributed by atoms with Crippen LogP contribution in [0.2, 0.25) is 0 Å². The van der Waals surface area contributed by atoms with Gasteiger partial charge >= 0.3 is 40.8 Å². The second-order valence-corrected chi connectivity index (χ2v) is 2.87. The van der Waals surface area contributed by atoms with E-state index in [4.69, 9.17) is 5.73 Å². The van der Waals surface area contributed by atoms with E-state index in [1.54, 1.807) is 16.9 Å². The van der Waals surface area contributed by atoms with E-state index in [-0.39, 0.29) is 0 Å². The molecule has 0 radical (unpaired) electrons. The van der Waals surface area contributed by atoms with Gasteiger partial charge in [-0.25, -0.2) is 0 Å². The minimum absolute atomic E-state index is 0.447. The molecular formula is C3H10AsN. The van der Waals surface area contributed by atoms with Crippen molar-refractivity contribution in [3.63, 3.8) is 0 Å². The van der Waals surface area contributed by atoms with Crippen LogP contribution < -0.4 is 5.73 Å². The zero-order valence-corrected chi connectivity index (χ0v) is 5.86. The Bertz CT molecular complexity index is 20.9. The summed E-state index contributed by atoms with van der Waals surface area (Å²) in [5, 5.41) is 0. The number of hydrogen-bond acceptors (Lipinski definition) is 1. The number of nitrogens with two attached hydrogens (primary N) is 1. The van der Waals surface area contributed by atoms with Gasteiger partial charge in [0.05, 0.1) is 0 Å². The average molecular weight is 135 g/mol. The van der Waals surface area contributed by atoms with Crippen molar-refractivity contribution in [2.45, 2.75) is 18.2 Å². The number of hydrogen-bond donors (Lipinski definition) is 1. The summed E-state index contributed by atoms with van der Waals surface area (Å²) < 4.78 is 0. The Labute approximate surface area is 41.4 Å². The Balaban J connectivity index is 2.54. The van der Waals surface area contributed by atoms with Crippen LogP contribution in [0.3, 0.4) is 0 Å². The van der Waals surface area contributed by atoms with E-state index < -0.39 is 0 Å². The number of rotatable bonds is 1. The van der Waals surface area contributed by atoms with Gasteiger partial charge in [-0.05, 0) is 0 Å². The van der Waals surface area contributed by atoms with Crippen LogP contribution in [0.4, 0.5) is 0 Å². The molecule has 0 fully saturated rings. The summed E-state index contributed by atoms with van der Waals surface area (Å²) in [6.45, 7) is 2.09. The second kappa shape index (κ2) is 2.74. The summed E-state index contributed by atoms with van der Waals surface area (Å²) in [5.74, 6) is 0. The van der Waals surface area contributed by atoms with E-state index in [0.717, 1.165) is 6.42 Å². The molecule has 2 heteroatoms. The quantitative estimate of drug-likeness (QED) is 0.473. The first-order chi connectivity index (χ1) is 2.27. The van der Waals surface area contributed by atoms with E-state index >= 15 is 0 Å². The van der Waals surface area contributed by atoms with Crippen molar-refractivity contribution in [2.24, 2.45) is 5.73 Å². The SMILES string of the molecule is CCC(N)[AsH2]. The minimum atomic E-state index is 0.447. The van der Waals surface area contributed by atoms with Gasteiger partial charge in [-0.15, -0.1) is 0 Å². The topological polar surface area (TPSA) is 26.0 Å². The predicted molar refractivity (Wildman–Crippen MR) is 26.8 cm³/mol. The van der Waals surface area contributed by atoms with Crippen LogP contribution in [0.5, 0.6) is 0 Å². The molecular weight excluding hydrogens is 125 g/mol. The van der Waals surface area contributed by atoms with Crippen molar-refractivity contribution in [1.82, 2.24) is 0 Å². The van der Waals surface area contributed by atoms with Gasteiger partial charge in [0.25, 0.3) is 0 Å². The molecule has 2 unspecified atom stereocenters. The molecule has 2 N–H and O–H groups in total. The molecule has 1 nitrogen and oxygen atoms in total. The van der Waals surface area contributed by atoms with Gasteiger partial charge in [0, 0.05) is 0 Å². The summed E-state index contributed by atoms with van der Waals surface area (Å²) >= 11 is 1.62. The van der Waals surface area contributed by atoms with E-state index in [1.807, 2.05) is 0 Å². The first kappa shape index (κ1) is 5.52. The molecule has 0 aromatic carbocycles. The first-order valence-electron chi connectivity index (χ1n) is 1.78. The third-order valence-electron chi connectivity index (χ3n) is 0.471. The normalized spacial score (nSPS) is 15.0. The third kappa shape index (κ3) is 4.52. The molecule has 2 atom stereocenters. The van der Waals surface area contributed by atoms with Gasteiger partial charge in [0.2, 0.25) is 0 Å². The van der Waals surface area contributed by atoms with Crippen molar-refractivity contribution >= 4 is 16.9 Å². The summed E-state index contributed by atoms with van der Waals surface area (Å²) in [6.07, 6.45) is 1.11. The van der Waals surface area contributed by atoms with Crippen molar-refractivity contribution in [1.29, 1.82) is 0 Å². The van der Waals surface area contributed by atoms with E-state index in [9.17, 15) is 0 Å². The molecule has 0 saturated heterocycles. The first-order valence-corrected chi connectivity index (χ1v) is 3.18. The molecule has 0 rings (SSSR count). The fourth-order valence-electron chi connectivity index (χ4n) is 0. The Morgan fingerprint density at radius 3 is 2.20 bits per heavy atom. The van der Waals surface area contributed by atoms with Crippen LogP contribution in [-0.2, 0) is 0 Å². The van der Waals surface area contributed by atoms with E-state index in [2.05, 4.69) is 6.92 Å². The van der Waals surface area contributed by atoms with Crippen molar-refractivity contribution in [3.8, 4) is 0 Å². The Kier molecular flexibility index (Phi) is 3.02. The van der Waals surface area contributed by atoms with Crippen LogP contribution >= 0.6 is 0 Å². The Morgan fingerprint density at radius 1 is 2.00 bits per heavy atom. The van der Waals surface area contributed by atoms with Crippen molar-refractivity contribution in [3.05, 3.63) is 0 Å². The van der Waals surface area contributed by atoms with Crippen LogP contribution in [-0.4, -0.2) is 21.7 Å². The fourth-order valence-corrected chi connectivity index (χ4v) is 0. The molecule has 0 aliphatic carbocycles. The van der Waals surface area contributed by atoms with Crippen LogP contribution in [0.15, 0.2) is 0 Å². The molecule has 0 aromatic heterocycles. The molecule has 0 aliphatic heterocycles. The molecule has 0 spiro atoms. The van der Waals surface area contributed by atoms with Crippen molar-refractivity contribution < 1.29 is 0 Å². The van der Waals surface area contributed by atoms with Crippen molar-refractivity contribution in [2.75, 3.05) is 0 Å². The zero-order valence-electron chi connectivity index (χ0n) is 3.44. The van der Waals surface area contributed by atoms with Gasteiger partial charge in [-0.3, -0.25) is 0 Å². The molecule has 0 heterocycles. The second-order valence-electron chi connectivity index (χ2n) is 1.07. The molecule has 0 amide bonds. The summed E-state index contributed by atoms with van der Waals surface area (Å²) in [4.78, 5) is 0.447. The molecule has 0 aliphatic rings. The van der Waals surface area contributed by atoms with Crippen LogP contribution in [0, 0.1) is 0 Å². The van der Waals surface area contributed by atoms with Gasteiger partial charge < -0.3 is 0 Å². The Morgan fingerprint density at radius 2 is 2.20 bits per heavy atom. The molecule has 32 valence electrons. The molecule has 0 saturated carbocycles. The maximum atomic E-state index is 5.32. The van der Waals surface area contributed by atoms with Gasteiger partial charge in [0.15, 0.2) is 0 Å². The zero-order chi connectivity index (χ0) is 4.28. The average Bonchev–Trinajstić information content (AvgIpc) is 1.38. The van der Waals surface area contributed by atoms with Gasteiger partial charge in [0.1, 0.15) is 0 Å². The molecule has 0 bridgehead atoms. The summed E-state index contributed by atoms with van der Waals surface area (Å²) in [6, 6.07) is 0. The Hall–Kier alpha value is 0.518. The molecule has 0 aromatic rings. The predicted octanol–water partition coefficient (Wildman–Crippen LogP) is -0.686. The van der Waals surface area contributed by atoms with Gasteiger partial charge in [-0.2, -0.15) is 0 Å². The molecule has 5 heavy (non-hydrogen) atoms. The summed E-state index contributed by atoms with van der Waals surface area (Å²) in [7, 11) is 0. The van der Waals surface area contributed by atoms with E-state index in [1.165, 1.54) is 0 Å².